The van der Waals surface area contributed by atoms with E-state index in [4.69, 9.17) is 11.6 Å². The van der Waals surface area contributed by atoms with Gasteiger partial charge in [0, 0.05) is 6.20 Å². The number of fused-ring (bicyclic) bond motifs is 1. The molecular weight excluding hydrogens is 296 g/mol. The predicted molar refractivity (Wildman–Crippen MR) is 77.3 cm³/mol. The van der Waals surface area contributed by atoms with Gasteiger partial charge in [-0.25, -0.2) is 13.8 Å². The van der Waals surface area contributed by atoms with Gasteiger partial charge in [0.25, 0.3) is 0 Å². The van der Waals surface area contributed by atoms with E-state index in [1.807, 2.05) is 19.1 Å². The maximum absolute atomic E-state index is 14.1. The number of nitrogens with zero attached hydrogens (tertiary/aromatic N) is 3. The Hall–Kier alpha value is -2.01. The van der Waals surface area contributed by atoms with Crippen molar-refractivity contribution in [1.29, 1.82) is 0 Å². The molecule has 2 aromatic heterocycles. The molecular formula is C15H12ClF2N3. The summed E-state index contributed by atoms with van der Waals surface area (Å²) in [4.78, 5) is 8.54. The highest BCUT2D eigenvalue weighted by Gasteiger charge is 2.17. The molecule has 2 heterocycles. The van der Waals surface area contributed by atoms with Crippen LogP contribution in [-0.4, -0.2) is 14.5 Å². The van der Waals surface area contributed by atoms with E-state index in [2.05, 4.69) is 9.97 Å². The van der Waals surface area contributed by atoms with Crippen LogP contribution in [0.15, 0.2) is 30.5 Å². The number of aromatic nitrogens is 3. The van der Waals surface area contributed by atoms with E-state index in [9.17, 15) is 8.78 Å². The van der Waals surface area contributed by atoms with Crippen LogP contribution in [0.5, 0.6) is 0 Å². The van der Waals surface area contributed by atoms with Crippen molar-refractivity contribution in [3.8, 4) is 0 Å². The first kappa shape index (κ1) is 13.9. The smallest absolute Gasteiger partial charge is 0.184 e. The van der Waals surface area contributed by atoms with Crippen molar-refractivity contribution < 1.29 is 8.78 Å². The summed E-state index contributed by atoms with van der Waals surface area (Å²) in [6.45, 7) is 2.21. The first-order valence-corrected chi connectivity index (χ1v) is 6.95. The number of benzene rings is 1. The van der Waals surface area contributed by atoms with Crippen molar-refractivity contribution in [2.45, 2.75) is 19.3 Å². The van der Waals surface area contributed by atoms with Crippen molar-refractivity contribution in [2.75, 3.05) is 0 Å². The molecule has 0 unspecified atom stereocenters. The first-order chi connectivity index (χ1) is 10.1. The number of hydrogen-bond acceptors (Lipinski definition) is 2. The van der Waals surface area contributed by atoms with Crippen molar-refractivity contribution in [3.05, 3.63) is 59.2 Å². The molecule has 0 bridgehead atoms. The Morgan fingerprint density at radius 1 is 1.24 bits per heavy atom. The van der Waals surface area contributed by atoms with Gasteiger partial charge in [-0.2, -0.15) is 0 Å². The molecule has 0 atom stereocenters. The minimum Gasteiger partial charge on any atom is -0.318 e. The second kappa shape index (κ2) is 5.41. The van der Waals surface area contributed by atoms with Crippen LogP contribution in [0.3, 0.4) is 0 Å². The summed E-state index contributed by atoms with van der Waals surface area (Å²) >= 11 is 5.88. The molecule has 0 saturated carbocycles. The maximum atomic E-state index is 14.1. The summed E-state index contributed by atoms with van der Waals surface area (Å²) in [6.07, 6.45) is 1.67. The fourth-order valence-electron chi connectivity index (χ4n) is 2.31. The lowest BCUT2D eigenvalue weighted by molar-refractivity contribution is 0.511. The largest absolute Gasteiger partial charge is 0.318 e. The highest BCUT2D eigenvalue weighted by molar-refractivity contribution is 6.16. The monoisotopic (exact) mass is 307 g/mol. The second-order valence-corrected chi connectivity index (χ2v) is 5.01. The van der Waals surface area contributed by atoms with E-state index >= 15 is 0 Å². The van der Waals surface area contributed by atoms with Crippen LogP contribution in [0.2, 0.25) is 0 Å². The Labute approximate surface area is 125 Å². The van der Waals surface area contributed by atoms with Crippen LogP contribution in [0.1, 0.15) is 17.1 Å². The molecule has 108 valence electrons. The molecule has 0 fully saturated rings. The van der Waals surface area contributed by atoms with Gasteiger partial charge < -0.3 is 4.57 Å². The van der Waals surface area contributed by atoms with Crippen molar-refractivity contribution in [2.24, 2.45) is 0 Å². The van der Waals surface area contributed by atoms with Gasteiger partial charge in [-0.05, 0) is 30.7 Å². The number of imidazole rings is 1. The van der Waals surface area contributed by atoms with Crippen LogP contribution < -0.4 is 0 Å². The van der Waals surface area contributed by atoms with E-state index in [0.717, 1.165) is 17.3 Å². The zero-order chi connectivity index (χ0) is 15.0. The Bertz CT molecular complexity index is 814. The third kappa shape index (κ3) is 2.38. The molecule has 1 aromatic carbocycles. The average Bonchev–Trinajstić information content (AvgIpc) is 2.84. The zero-order valence-corrected chi connectivity index (χ0v) is 12.0. The summed E-state index contributed by atoms with van der Waals surface area (Å²) in [5.41, 5.74) is 2.25. The van der Waals surface area contributed by atoms with Gasteiger partial charge >= 0.3 is 0 Å². The van der Waals surface area contributed by atoms with Gasteiger partial charge in [0.1, 0.15) is 11.3 Å². The van der Waals surface area contributed by atoms with Gasteiger partial charge in [0.15, 0.2) is 11.6 Å². The number of alkyl halides is 1. The Morgan fingerprint density at radius 3 is 2.76 bits per heavy atom. The SMILES string of the molecule is Cc1cccnc1Cn1c(CCl)nc2ccc(F)c(F)c21. The highest BCUT2D eigenvalue weighted by atomic mass is 35.5. The van der Waals surface area contributed by atoms with Gasteiger partial charge in [-0.3, -0.25) is 4.98 Å². The molecule has 3 rings (SSSR count). The quantitative estimate of drug-likeness (QED) is 0.689. The number of halogens is 3. The van der Waals surface area contributed by atoms with Crippen LogP contribution in [0, 0.1) is 18.6 Å². The standard InChI is InChI=1S/C15H12ClF2N3/c1-9-3-2-6-19-12(9)8-21-13(7-16)20-11-5-4-10(17)14(18)15(11)21/h2-6H,7-8H2,1H3. The molecule has 21 heavy (non-hydrogen) atoms. The van der Waals surface area contributed by atoms with Crippen LogP contribution in [-0.2, 0) is 12.4 Å². The molecule has 3 aromatic rings. The molecule has 0 saturated heterocycles. The minimum absolute atomic E-state index is 0.113. The third-order valence-corrected chi connectivity index (χ3v) is 3.66. The minimum atomic E-state index is -0.912. The second-order valence-electron chi connectivity index (χ2n) is 4.74. The normalized spacial score (nSPS) is 11.2. The number of hydrogen-bond donors (Lipinski definition) is 0. The molecule has 0 aliphatic rings. The van der Waals surface area contributed by atoms with Crippen molar-refractivity contribution in [1.82, 2.24) is 14.5 Å². The van der Waals surface area contributed by atoms with E-state index in [0.29, 0.717) is 17.9 Å². The van der Waals surface area contributed by atoms with E-state index in [1.165, 1.54) is 6.07 Å². The highest BCUT2D eigenvalue weighted by Crippen LogP contribution is 2.24. The summed E-state index contributed by atoms with van der Waals surface area (Å²) in [6, 6.07) is 6.26. The molecule has 0 aliphatic carbocycles. The number of pyridine rings is 1. The molecule has 0 spiro atoms. The summed E-state index contributed by atoms with van der Waals surface area (Å²) in [5.74, 6) is -1.21. The van der Waals surface area contributed by atoms with Crippen molar-refractivity contribution >= 4 is 22.6 Å². The van der Waals surface area contributed by atoms with Crippen LogP contribution >= 0.6 is 11.6 Å². The fraction of sp³-hybridized carbons (Fsp3) is 0.200. The van der Waals surface area contributed by atoms with E-state index in [-0.39, 0.29) is 11.4 Å². The summed E-state index contributed by atoms with van der Waals surface area (Å²) < 4.78 is 29.2. The average molecular weight is 308 g/mol. The Balaban J connectivity index is 2.21. The number of rotatable bonds is 3. The van der Waals surface area contributed by atoms with Gasteiger partial charge in [0.05, 0.1) is 23.6 Å². The summed E-state index contributed by atoms with van der Waals surface area (Å²) in [5, 5.41) is 0. The Morgan fingerprint density at radius 2 is 2.05 bits per heavy atom. The Kier molecular flexibility index (Phi) is 3.59. The molecule has 0 aliphatic heterocycles. The number of aryl methyl sites for hydroxylation is 1. The van der Waals surface area contributed by atoms with E-state index in [1.54, 1.807) is 10.8 Å². The topological polar surface area (TPSA) is 30.7 Å². The predicted octanol–water partition coefficient (Wildman–Crippen LogP) is 3.81. The fourth-order valence-corrected chi connectivity index (χ4v) is 2.52. The van der Waals surface area contributed by atoms with Gasteiger partial charge in [-0.15, -0.1) is 11.6 Å². The first-order valence-electron chi connectivity index (χ1n) is 6.41. The van der Waals surface area contributed by atoms with Gasteiger partial charge in [0.2, 0.25) is 0 Å². The van der Waals surface area contributed by atoms with Crippen molar-refractivity contribution in [3.63, 3.8) is 0 Å². The van der Waals surface area contributed by atoms with Crippen LogP contribution in [0.25, 0.3) is 11.0 Å². The summed E-state index contributed by atoms with van der Waals surface area (Å²) in [7, 11) is 0. The lowest BCUT2D eigenvalue weighted by atomic mass is 10.2. The molecule has 0 N–H and O–H groups in total. The van der Waals surface area contributed by atoms with Gasteiger partial charge in [-0.1, -0.05) is 6.07 Å². The zero-order valence-electron chi connectivity index (χ0n) is 11.3. The third-order valence-electron chi connectivity index (χ3n) is 3.42. The van der Waals surface area contributed by atoms with Crippen LogP contribution in [0.4, 0.5) is 8.78 Å². The molecule has 3 nitrogen and oxygen atoms in total. The maximum Gasteiger partial charge on any atom is 0.184 e. The van der Waals surface area contributed by atoms with E-state index < -0.39 is 11.6 Å². The lowest BCUT2D eigenvalue weighted by Gasteiger charge is -2.10. The molecule has 0 radical (unpaired) electrons. The lowest BCUT2D eigenvalue weighted by Crippen LogP contribution is -2.08. The molecule has 0 amide bonds. The molecule has 6 heteroatoms.